The quantitative estimate of drug-likeness (QED) is 0.653. The predicted octanol–water partition coefficient (Wildman–Crippen LogP) is 1.80. The Balaban J connectivity index is 1.84. The lowest BCUT2D eigenvalue weighted by Crippen LogP contribution is -2.54. The Bertz CT molecular complexity index is 928. The van der Waals surface area contributed by atoms with Crippen LogP contribution < -0.4 is 10.2 Å². The van der Waals surface area contributed by atoms with E-state index in [1.54, 1.807) is 12.1 Å². The number of ether oxygens (including phenoxy) is 1. The molecule has 7 nitrogen and oxygen atoms in total. The Morgan fingerprint density at radius 2 is 1.96 bits per heavy atom. The largest absolute Gasteiger partial charge is 0.468 e. The van der Waals surface area contributed by atoms with Crippen molar-refractivity contribution in [1.29, 1.82) is 0 Å². The van der Waals surface area contributed by atoms with Crippen LogP contribution in [-0.2, 0) is 19.1 Å². The van der Waals surface area contributed by atoms with Crippen molar-refractivity contribution in [1.82, 2.24) is 5.32 Å². The minimum absolute atomic E-state index is 0.132. The number of fused-ring (bicyclic) bond motifs is 1. The molecular formula is C19H17FN2O5. The maximum atomic E-state index is 14.3. The molecule has 3 heterocycles. The molecule has 2 aliphatic rings. The number of imide groups is 1. The van der Waals surface area contributed by atoms with E-state index < -0.39 is 47.0 Å². The molecule has 2 saturated heterocycles. The second-order valence-corrected chi connectivity index (χ2v) is 6.80. The second kappa shape index (κ2) is 6.02. The molecule has 1 aromatic carbocycles. The van der Waals surface area contributed by atoms with Gasteiger partial charge in [0.05, 0.1) is 36.9 Å². The zero-order valence-corrected chi connectivity index (χ0v) is 14.6. The van der Waals surface area contributed by atoms with Gasteiger partial charge in [0, 0.05) is 0 Å². The SMILES string of the molecule is COC(=O)[C@]1(C)N[C@@H](c2ccco2)[C@H]2C(=O)N(c3ccccc3F)C(=O)[C@@H]21. The van der Waals surface area contributed by atoms with Crippen molar-refractivity contribution in [2.45, 2.75) is 18.5 Å². The van der Waals surface area contributed by atoms with Crippen LogP contribution in [0.1, 0.15) is 18.7 Å². The Kier molecular flexibility index (Phi) is 3.88. The number of amides is 2. The van der Waals surface area contributed by atoms with E-state index in [0.717, 1.165) is 4.90 Å². The van der Waals surface area contributed by atoms with Crippen molar-refractivity contribution in [2.24, 2.45) is 11.8 Å². The molecule has 4 atom stereocenters. The van der Waals surface area contributed by atoms with E-state index in [0.29, 0.717) is 5.76 Å². The third-order valence-electron chi connectivity index (χ3n) is 5.34. The molecule has 0 bridgehead atoms. The molecule has 27 heavy (non-hydrogen) atoms. The van der Waals surface area contributed by atoms with Crippen LogP contribution in [0.25, 0.3) is 0 Å². The van der Waals surface area contributed by atoms with E-state index in [2.05, 4.69) is 5.32 Å². The van der Waals surface area contributed by atoms with E-state index in [1.165, 1.54) is 44.6 Å². The summed E-state index contributed by atoms with van der Waals surface area (Å²) in [7, 11) is 1.21. The molecule has 0 radical (unpaired) electrons. The molecule has 2 amide bonds. The van der Waals surface area contributed by atoms with Crippen LogP contribution in [0.3, 0.4) is 0 Å². The molecule has 1 aromatic heterocycles. The lowest BCUT2D eigenvalue weighted by Gasteiger charge is -2.28. The van der Waals surface area contributed by atoms with Gasteiger partial charge in [-0.2, -0.15) is 0 Å². The van der Waals surface area contributed by atoms with Crippen molar-refractivity contribution >= 4 is 23.5 Å². The summed E-state index contributed by atoms with van der Waals surface area (Å²) < 4.78 is 24.6. The number of nitrogens with one attached hydrogen (secondary N) is 1. The van der Waals surface area contributed by atoms with Gasteiger partial charge in [-0.3, -0.25) is 19.7 Å². The van der Waals surface area contributed by atoms with Crippen LogP contribution in [0.4, 0.5) is 10.1 Å². The highest BCUT2D eigenvalue weighted by Gasteiger charge is 2.67. The fourth-order valence-electron chi connectivity index (χ4n) is 4.12. The third kappa shape index (κ3) is 2.33. The van der Waals surface area contributed by atoms with Crippen molar-refractivity contribution in [3.63, 3.8) is 0 Å². The minimum atomic E-state index is -1.45. The highest BCUT2D eigenvalue weighted by molar-refractivity contribution is 6.24. The van der Waals surface area contributed by atoms with Crippen LogP contribution in [0.5, 0.6) is 0 Å². The average Bonchev–Trinajstić information content (AvgIpc) is 3.34. The molecule has 140 valence electrons. The van der Waals surface area contributed by atoms with E-state index >= 15 is 0 Å². The summed E-state index contributed by atoms with van der Waals surface area (Å²) >= 11 is 0. The zero-order chi connectivity index (χ0) is 19.3. The number of esters is 1. The zero-order valence-electron chi connectivity index (χ0n) is 14.6. The number of carbonyl (C=O) groups excluding carboxylic acids is 3. The molecule has 2 aromatic rings. The highest BCUT2D eigenvalue weighted by Crippen LogP contribution is 2.50. The van der Waals surface area contributed by atoms with Gasteiger partial charge in [0.15, 0.2) is 0 Å². The number of halogens is 1. The van der Waals surface area contributed by atoms with Crippen molar-refractivity contribution in [3.05, 3.63) is 54.2 Å². The van der Waals surface area contributed by atoms with Gasteiger partial charge in [-0.15, -0.1) is 0 Å². The number of hydrogen-bond acceptors (Lipinski definition) is 6. The van der Waals surface area contributed by atoms with Gasteiger partial charge in [0.25, 0.3) is 0 Å². The number of methoxy groups -OCH3 is 1. The molecule has 0 spiro atoms. The van der Waals surface area contributed by atoms with Gasteiger partial charge in [-0.25, -0.2) is 9.29 Å². The summed E-state index contributed by atoms with van der Waals surface area (Å²) in [4.78, 5) is 39.6. The summed E-state index contributed by atoms with van der Waals surface area (Å²) in [5, 5.41) is 3.04. The van der Waals surface area contributed by atoms with Crippen LogP contribution in [0, 0.1) is 17.7 Å². The highest BCUT2D eigenvalue weighted by atomic mass is 19.1. The van der Waals surface area contributed by atoms with Gasteiger partial charge in [0.2, 0.25) is 11.8 Å². The Morgan fingerprint density at radius 3 is 2.59 bits per heavy atom. The predicted molar refractivity (Wildman–Crippen MR) is 90.9 cm³/mol. The molecule has 0 unspecified atom stereocenters. The average molecular weight is 372 g/mol. The number of para-hydroxylation sites is 1. The van der Waals surface area contributed by atoms with E-state index in [4.69, 9.17) is 9.15 Å². The molecule has 1 N–H and O–H groups in total. The van der Waals surface area contributed by atoms with E-state index in [1.807, 2.05) is 0 Å². The number of anilines is 1. The number of nitrogens with zero attached hydrogens (tertiary/aromatic N) is 1. The first-order valence-corrected chi connectivity index (χ1v) is 8.42. The van der Waals surface area contributed by atoms with Gasteiger partial charge in [-0.1, -0.05) is 12.1 Å². The summed E-state index contributed by atoms with van der Waals surface area (Å²) in [5.74, 6) is -4.17. The lowest BCUT2D eigenvalue weighted by molar-refractivity contribution is -0.151. The molecule has 0 aliphatic carbocycles. The van der Waals surface area contributed by atoms with Gasteiger partial charge in [0.1, 0.15) is 17.1 Å². The minimum Gasteiger partial charge on any atom is -0.468 e. The first-order chi connectivity index (χ1) is 12.9. The Hall–Kier alpha value is -3.00. The topological polar surface area (TPSA) is 88.8 Å². The summed E-state index contributed by atoms with van der Waals surface area (Å²) in [6.45, 7) is 1.51. The Labute approximate surface area is 154 Å². The lowest BCUT2D eigenvalue weighted by atomic mass is 9.81. The monoisotopic (exact) mass is 372 g/mol. The number of rotatable bonds is 3. The molecule has 0 saturated carbocycles. The molecule has 2 aliphatic heterocycles. The Morgan fingerprint density at radius 1 is 1.22 bits per heavy atom. The standard InChI is InChI=1S/C19H17FN2O5/c1-19(18(25)26-2)14-13(15(21-19)12-8-5-9-27-12)16(23)22(17(14)24)11-7-4-3-6-10(11)20/h3-9,13-15,21H,1-2H3/t13-,14+,15-,19+/m0/s1. The smallest absolute Gasteiger partial charge is 0.326 e. The maximum absolute atomic E-state index is 14.3. The van der Waals surface area contributed by atoms with Crippen LogP contribution >= 0.6 is 0 Å². The van der Waals surface area contributed by atoms with Crippen molar-refractivity contribution in [3.8, 4) is 0 Å². The van der Waals surface area contributed by atoms with Crippen LogP contribution in [0.15, 0.2) is 47.1 Å². The van der Waals surface area contributed by atoms with Crippen LogP contribution in [0.2, 0.25) is 0 Å². The maximum Gasteiger partial charge on any atom is 0.326 e. The molecule has 8 heteroatoms. The molecule has 4 rings (SSSR count). The molecule has 2 fully saturated rings. The number of hydrogen-bond donors (Lipinski definition) is 1. The van der Waals surface area contributed by atoms with Gasteiger partial charge in [-0.05, 0) is 31.2 Å². The third-order valence-corrected chi connectivity index (χ3v) is 5.34. The number of carbonyl (C=O) groups is 3. The summed E-state index contributed by atoms with van der Waals surface area (Å²) in [6.07, 6.45) is 1.44. The van der Waals surface area contributed by atoms with Gasteiger partial charge < -0.3 is 9.15 Å². The fourth-order valence-corrected chi connectivity index (χ4v) is 4.12. The second-order valence-electron chi connectivity index (χ2n) is 6.80. The van der Waals surface area contributed by atoms with E-state index in [-0.39, 0.29) is 5.69 Å². The summed E-state index contributed by atoms with van der Waals surface area (Å²) in [6, 6.07) is 8.12. The van der Waals surface area contributed by atoms with Crippen molar-refractivity contribution < 1.29 is 27.9 Å². The number of furan rings is 1. The number of benzene rings is 1. The van der Waals surface area contributed by atoms with Crippen LogP contribution in [-0.4, -0.2) is 30.4 Å². The van der Waals surface area contributed by atoms with Crippen molar-refractivity contribution in [2.75, 3.05) is 12.0 Å². The molecular weight excluding hydrogens is 355 g/mol. The normalized spacial score (nSPS) is 29.9. The first kappa shape index (κ1) is 17.4. The first-order valence-electron chi connectivity index (χ1n) is 8.42. The van der Waals surface area contributed by atoms with Gasteiger partial charge >= 0.3 is 5.97 Å². The summed E-state index contributed by atoms with van der Waals surface area (Å²) in [5.41, 5.74) is -1.59. The fraction of sp³-hybridized carbons (Fsp3) is 0.316. The van der Waals surface area contributed by atoms with E-state index in [9.17, 15) is 18.8 Å².